The Morgan fingerprint density at radius 2 is 2.04 bits per heavy atom. The monoisotopic (exact) mass is 435 g/mol. The lowest BCUT2D eigenvalue weighted by atomic mass is 9.98. The molecule has 0 aliphatic rings. The molecule has 0 saturated heterocycles. The Balaban J connectivity index is 1.81. The van der Waals surface area contributed by atoms with Crippen LogP contribution in [0.1, 0.15) is 41.8 Å². The van der Waals surface area contributed by atoms with Crippen molar-refractivity contribution in [1.82, 2.24) is 15.2 Å². The number of carbonyl (C=O) groups excluding carboxylic acids is 1. The number of rotatable bonds is 5. The Labute approximate surface area is 173 Å². The van der Waals surface area contributed by atoms with E-state index in [4.69, 9.17) is 0 Å². The van der Waals surface area contributed by atoms with Crippen LogP contribution in [0.15, 0.2) is 32.8 Å². The molecule has 0 aliphatic carbocycles. The number of benzene rings is 1. The van der Waals surface area contributed by atoms with Crippen LogP contribution in [0.25, 0.3) is 0 Å². The summed E-state index contributed by atoms with van der Waals surface area (Å²) in [6.45, 7) is 7.87. The van der Waals surface area contributed by atoms with Crippen LogP contribution in [-0.2, 0) is 5.41 Å². The van der Waals surface area contributed by atoms with Gasteiger partial charge in [-0.3, -0.25) is 20.2 Å². The van der Waals surface area contributed by atoms with Crippen molar-refractivity contribution in [3.63, 3.8) is 0 Å². The lowest BCUT2D eigenvalue weighted by Gasteiger charge is -2.12. The van der Waals surface area contributed by atoms with Crippen LogP contribution in [-0.4, -0.2) is 26.0 Å². The Morgan fingerprint density at radius 3 is 2.61 bits per heavy atom. The van der Waals surface area contributed by atoms with E-state index in [1.54, 1.807) is 12.1 Å². The van der Waals surface area contributed by atoms with E-state index in [1.165, 1.54) is 40.5 Å². The van der Waals surface area contributed by atoms with Crippen LogP contribution in [0.2, 0.25) is 0 Å². The topological polar surface area (TPSA) is 111 Å². The lowest BCUT2D eigenvalue weighted by Crippen LogP contribution is -2.12. The van der Waals surface area contributed by atoms with E-state index in [9.17, 15) is 14.9 Å². The van der Waals surface area contributed by atoms with Crippen molar-refractivity contribution in [2.75, 3.05) is 5.32 Å². The third-order valence-corrected chi connectivity index (χ3v) is 6.89. The Bertz CT molecular complexity index is 1040. The molecule has 1 N–H and O–H groups in total. The molecule has 1 amide bonds. The maximum absolute atomic E-state index is 12.5. The highest BCUT2D eigenvalue weighted by Crippen LogP contribution is 2.37. The molecule has 28 heavy (non-hydrogen) atoms. The van der Waals surface area contributed by atoms with Crippen molar-refractivity contribution >= 4 is 51.2 Å². The molecule has 0 radical (unpaired) electrons. The molecule has 2 aromatic heterocycles. The first kappa shape index (κ1) is 20.4. The molecular formula is C17H17N5O3S3. The molecule has 3 rings (SSSR count). The molecule has 2 heterocycles. The van der Waals surface area contributed by atoms with Crippen molar-refractivity contribution < 1.29 is 9.72 Å². The second-order valence-corrected chi connectivity index (χ2v) is 10.0. The van der Waals surface area contributed by atoms with E-state index in [1.807, 2.05) is 33.1 Å². The lowest BCUT2D eigenvalue weighted by molar-refractivity contribution is -0.387. The summed E-state index contributed by atoms with van der Waals surface area (Å²) in [5.74, 6) is -0.471. The van der Waals surface area contributed by atoms with E-state index in [-0.39, 0.29) is 16.7 Å². The average molecular weight is 436 g/mol. The van der Waals surface area contributed by atoms with Crippen LogP contribution >= 0.6 is 34.4 Å². The van der Waals surface area contributed by atoms with Gasteiger partial charge in [-0.15, -0.1) is 21.5 Å². The zero-order valence-electron chi connectivity index (χ0n) is 15.5. The second kappa shape index (κ2) is 7.94. The Morgan fingerprint density at radius 1 is 1.29 bits per heavy atom. The summed E-state index contributed by atoms with van der Waals surface area (Å²) < 4.78 is 0.710. The minimum absolute atomic E-state index is 0.141. The molecule has 0 bridgehead atoms. The first-order valence-corrected chi connectivity index (χ1v) is 10.7. The number of carbonyl (C=O) groups is 1. The molecule has 146 valence electrons. The number of anilines is 1. The molecule has 0 atom stereocenters. The molecule has 11 heteroatoms. The summed E-state index contributed by atoms with van der Waals surface area (Å²) in [6, 6.07) is 4.38. The van der Waals surface area contributed by atoms with Gasteiger partial charge in [0.2, 0.25) is 5.13 Å². The van der Waals surface area contributed by atoms with Crippen molar-refractivity contribution in [2.45, 2.75) is 42.3 Å². The first-order valence-electron chi connectivity index (χ1n) is 8.17. The van der Waals surface area contributed by atoms with Gasteiger partial charge in [-0.05, 0) is 19.1 Å². The molecule has 0 fully saturated rings. The minimum atomic E-state index is -0.498. The number of amides is 1. The minimum Gasteiger partial charge on any atom is -0.296 e. The summed E-state index contributed by atoms with van der Waals surface area (Å²) in [4.78, 5) is 28.2. The fourth-order valence-electron chi connectivity index (χ4n) is 2.11. The van der Waals surface area contributed by atoms with Crippen molar-refractivity contribution in [1.29, 1.82) is 0 Å². The van der Waals surface area contributed by atoms with E-state index in [0.717, 1.165) is 10.7 Å². The van der Waals surface area contributed by atoms with Gasteiger partial charge >= 0.3 is 0 Å². The van der Waals surface area contributed by atoms with Gasteiger partial charge < -0.3 is 0 Å². The molecule has 0 unspecified atom stereocenters. The highest BCUT2D eigenvalue weighted by molar-refractivity contribution is 8.01. The van der Waals surface area contributed by atoms with Gasteiger partial charge in [-0.2, -0.15) is 0 Å². The normalized spacial score (nSPS) is 11.4. The van der Waals surface area contributed by atoms with Gasteiger partial charge in [-0.25, -0.2) is 4.98 Å². The number of hydrogen-bond donors (Lipinski definition) is 1. The fourth-order valence-corrected chi connectivity index (χ4v) is 4.78. The van der Waals surface area contributed by atoms with Crippen LogP contribution < -0.4 is 5.32 Å². The Hall–Kier alpha value is -2.37. The standard InChI is InChI=1S/C17H17N5O3S3/c1-9-8-26-16(18-9)27-12-6-5-10(7-11(12)22(24)25)13(23)19-15-21-20-14(28-15)17(2,3)4/h5-8H,1-4H3,(H,19,21,23). The predicted octanol–water partition coefficient (Wildman–Crippen LogP) is 4.91. The number of nitro groups is 1. The average Bonchev–Trinajstić information content (AvgIpc) is 3.23. The maximum Gasteiger partial charge on any atom is 0.284 e. The van der Waals surface area contributed by atoms with Gasteiger partial charge in [0, 0.05) is 28.1 Å². The molecule has 0 saturated carbocycles. The van der Waals surface area contributed by atoms with Gasteiger partial charge in [0.15, 0.2) is 4.34 Å². The zero-order valence-corrected chi connectivity index (χ0v) is 18.0. The molecule has 1 aromatic carbocycles. The Kier molecular flexibility index (Phi) is 5.77. The SMILES string of the molecule is Cc1csc(Sc2ccc(C(=O)Nc3nnc(C(C)(C)C)s3)cc2[N+](=O)[O-])n1. The highest BCUT2D eigenvalue weighted by atomic mass is 32.2. The highest BCUT2D eigenvalue weighted by Gasteiger charge is 2.22. The summed E-state index contributed by atoms with van der Waals surface area (Å²) in [5.41, 5.74) is 0.724. The third-order valence-electron chi connectivity index (χ3n) is 3.50. The number of nitrogens with zero attached hydrogens (tertiary/aromatic N) is 4. The number of thiazole rings is 1. The quantitative estimate of drug-likeness (QED) is 0.447. The zero-order chi connectivity index (χ0) is 20.5. The second-order valence-electron chi connectivity index (χ2n) is 6.91. The number of nitrogens with one attached hydrogen (secondary N) is 1. The fraction of sp³-hybridized carbons (Fsp3) is 0.294. The van der Waals surface area contributed by atoms with Gasteiger partial charge in [0.1, 0.15) is 5.01 Å². The number of aryl methyl sites for hydroxylation is 1. The molecule has 3 aromatic rings. The summed E-state index contributed by atoms with van der Waals surface area (Å²) in [5, 5.41) is 25.2. The van der Waals surface area contributed by atoms with E-state index < -0.39 is 10.8 Å². The van der Waals surface area contributed by atoms with Crippen LogP contribution in [0, 0.1) is 17.0 Å². The van der Waals surface area contributed by atoms with E-state index >= 15 is 0 Å². The molecule has 0 aliphatic heterocycles. The van der Waals surface area contributed by atoms with Gasteiger partial charge in [0.05, 0.1) is 9.82 Å². The summed E-state index contributed by atoms with van der Waals surface area (Å²) in [7, 11) is 0. The third kappa shape index (κ3) is 4.72. The smallest absolute Gasteiger partial charge is 0.284 e. The van der Waals surface area contributed by atoms with Crippen molar-refractivity contribution in [3.8, 4) is 0 Å². The van der Waals surface area contributed by atoms with Crippen molar-refractivity contribution in [2.24, 2.45) is 0 Å². The largest absolute Gasteiger partial charge is 0.296 e. The number of aromatic nitrogens is 3. The van der Waals surface area contributed by atoms with Crippen LogP contribution in [0.5, 0.6) is 0 Å². The van der Waals surface area contributed by atoms with E-state index in [2.05, 4.69) is 20.5 Å². The molecular weight excluding hydrogens is 418 g/mol. The first-order chi connectivity index (χ1) is 13.1. The summed E-state index contributed by atoms with van der Waals surface area (Å²) >= 11 is 3.91. The molecule has 0 spiro atoms. The van der Waals surface area contributed by atoms with Gasteiger partial charge in [0.25, 0.3) is 11.6 Å². The molecule has 8 nitrogen and oxygen atoms in total. The number of hydrogen-bond acceptors (Lipinski definition) is 9. The summed E-state index contributed by atoms with van der Waals surface area (Å²) in [6.07, 6.45) is 0. The number of nitro benzene ring substituents is 1. The van der Waals surface area contributed by atoms with Crippen molar-refractivity contribution in [3.05, 3.63) is 50.0 Å². The predicted molar refractivity (Wildman–Crippen MR) is 111 cm³/mol. The van der Waals surface area contributed by atoms with Gasteiger partial charge in [-0.1, -0.05) is 43.9 Å². The van der Waals surface area contributed by atoms with Crippen LogP contribution in [0.3, 0.4) is 0 Å². The van der Waals surface area contributed by atoms with E-state index in [0.29, 0.717) is 14.4 Å². The van der Waals surface area contributed by atoms with Crippen LogP contribution in [0.4, 0.5) is 10.8 Å². The maximum atomic E-state index is 12.5.